The molecule has 0 spiro atoms. The first kappa shape index (κ1) is 24.0. The first-order valence-corrected chi connectivity index (χ1v) is 14.0. The molecule has 10 heteroatoms. The highest BCUT2D eigenvalue weighted by Gasteiger charge is 2.41. The maximum Gasteiger partial charge on any atom is 0.307 e. The van der Waals surface area contributed by atoms with Crippen LogP contribution in [0.5, 0.6) is 0 Å². The number of aromatic nitrogens is 1. The molecule has 3 aromatic carbocycles. The van der Waals surface area contributed by atoms with E-state index in [1.165, 1.54) is 11.3 Å². The predicted molar refractivity (Wildman–Crippen MR) is 141 cm³/mol. The van der Waals surface area contributed by atoms with E-state index in [2.05, 4.69) is 15.0 Å². The molecule has 1 fully saturated rings. The Morgan fingerprint density at radius 3 is 2.11 bits per heavy atom. The molecule has 1 saturated carbocycles. The van der Waals surface area contributed by atoms with Crippen LogP contribution in [-0.4, -0.2) is 36.5 Å². The largest absolute Gasteiger partial charge is 0.481 e. The topological polar surface area (TPSA) is 125 Å². The van der Waals surface area contributed by atoms with Crippen molar-refractivity contribution in [1.82, 2.24) is 4.98 Å². The molecular formula is C26H23N3O5S2. The minimum atomic E-state index is -3.35. The molecule has 5 rings (SSSR count). The van der Waals surface area contributed by atoms with Crippen molar-refractivity contribution in [3.8, 4) is 11.1 Å². The van der Waals surface area contributed by atoms with Gasteiger partial charge in [-0.3, -0.25) is 14.3 Å². The lowest BCUT2D eigenvalue weighted by Gasteiger charge is -2.31. The summed E-state index contributed by atoms with van der Waals surface area (Å²) in [5.41, 5.74) is 4.58. The Morgan fingerprint density at radius 2 is 1.53 bits per heavy atom. The van der Waals surface area contributed by atoms with Crippen molar-refractivity contribution in [3.05, 3.63) is 72.3 Å². The number of hydrogen-bond acceptors (Lipinski definition) is 7. The lowest BCUT2D eigenvalue weighted by molar-refractivity contribution is -0.146. The molecule has 3 N–H and O–H groups in total. The van der Waals surface area contributed by atoms with Gasteiger partial charge in [-0.2, -0.15) is 0 Å². The zero-order chi connectivity index (χ0) is 25.4. The van der Waals surface area contributed by atoms with Gasteiger partial charge in [0.15, 0.2) is 10.9 Å². The van der Waals surface area contributed by atoms with Crippen molar-refractivity contribution < 1.29 is 23.1 Å². The standard InChI is InChI=1S/C26H23N3O5S2/c1-36(33,34)29-19-10-13-22-23(14-19)35-26(28-22)27-18-8-6-16(7-9-18)15-2-4-17(5-3-15)24(30)20-11-12-21(20)25(31)32/h2-10,13-14,20-21,29H,11-12H2,1H3,(H,27,28)(H,31,32)/t20-,21?/m0/s1. The van der Waals surface area contributed by atoms with Gasteiger partial charge >= 0.3 is 5.97 Å². The van der Waals surface area contributed by atoms with E-state index in [0.717, 1.165) is 33.3 Å². The van der Waals surface area contributed by atoms with Gasteiger partial charge in [-0.1, -0.05) is 47.7 Å². The molecule has 1 unspecified atom stereocenters. The highest BCUT2D eigenvalue weighted by molar-refractivity contribution is 7.92. The molecule has 8 nitrogen and oxygen atoms in total. The third-order valence-electron chi connectivity index (χ3n) is 6.26. The Labute approximate surface area is 212 Å². The number of benzene rings is 3. The van der Waals surface area contributed by atoms with Crippen LogP contribution in [0.3, 0.4) is 0 Å². The molecule has 184 valence electrons. The van der Waals surface area contributed by atoms with Gasteiger partial charge in [0.2, 0.25) is 10.0 Å². The van der Waals surface area contributed by atoms with Crippen molar-refractivity contribution in [1.29, 1.82) is 0 Å². The van der Waals surface area contributed by atoms with Gasteiger partial charge in [-0.05, 0) is 54.3 Å². The minimum Gasteiger partial charge on any atom is -0.481 e. The summed E-state index contributed by atoms with van der Waals surface area (Å²) in [5.74, 6) is -2.00. The number of carboxylic acid groups (broad SMARTS) is 1. The summed E-state index contributed by atoms with van der Waals surface area (Å²) in [7, 11) is -3.35. The number of nitrogens with one attached hydrogen (secondary N) is 2. The zero-order valence-corrected chi connectivity index (χ0v) is 20.9. The Morgan fingerprint density at radius 1 is 0.917 bits per heavy atom. The smallest absolute Gasteiger partial charge is 0.307 e. The van der Waals surface area contributed by atoms with E-state index in [0.29, 0.717) is 29.2 Å². The molecule has 1 aliphatic rings. The summed E-state index contributed by atoms with van der Waals surface area (Å²) in [6.07, 6.45) is 2.29. The van der Waals surface area contributed by atoms with E-state index < -0.39 is 27.8 Å². The van der Waals surface area contributed by atoms with Crippen molar-refractivity contribution in [2.75, 3.05) is 16.3 Å². The Bertz CT molecular complexity index is 1560. The average Bonchev–Trinajstić information content (AvgIpc) is 3.19. The fourth-order valence-corrected chi connectivity index (χ4v) is 5.76. The Balaban J connectivity index is 1.26. The van der Waals surface area contributed by atoms with Crippen LogP contribution in [0, 0.1) is 11.8 Å². The van der Waals surface area contributed by atoms with E-state index in [1.807, 2.05) is 36.4 Å². The monoisotopic (exact) mass is 521 g/mol. The van der Waals surface area contributed by atoms with Crippen molar-refractivity contribution in [2.24, 2.45) is 11.8 Å². The second-order valence-electron chi connectivity index (χ2n) is 8.85. The number of nitrogens with zero attached hydrogens (tertiary/aromatic N) is 1. The number of carbonyl (C=O) groups excluding carboxylic acids is 1. The zero-order valence-electron chi connectivity index (χ0n) is 19.3. The molecule has 0 bridgehead atoms. The van der Waals surface area contributed by atoms with Gasteiger partial charge in [-0.25, -0.2) is 13.4 Å². The number of ketones is 1. The van der Waals surface area contributed by atoms with Crippen LogP contribution in [0.2, 0.25) is 0 Å². The number of rotatable bonds is 8. The normalized spacial score (nSPS) is 17.4. The molecule has 0 radical (unpaired) electrons. The van der Waals surface area contributed by atoms with Gasteiger partial charge in [-0.15, -0.1) is 0 Å². The number of carbonyl (C=O) groups is 2. The molecule has 0 saturated heterocycles. The molecular weight excluding hydrogens is 498 g/mol. The second kappa shape index (κ2) is 9.36. The summed E-state index contributed by atoms with van der Waals surface area (Å²) in [6, 6.07) is 20.3. The third kappa shape index (κ3) is 5.09. The van der Waals surface area contributed by atoms with Crippen LogP contribution < -0.4 is 10.0 Å². The van der Waals surface area contributed by atoms with E-state index in [1.54, 1.807) is 30.3 Å². The molecule has 1 heterocycles. The van der Waals surface area contributed by atoms with Gasteiger partial charge < -0.3 is 10.4 Å². The van der Waals surface area contributed by atoms with E-state index in [-0.39, 0.29) is 5.78 Å². The SMILES string of the molecule is CS(=O)(=O)Nc1ccc2nc(Nc3ccc(-c4ccc(C(=O)[C@H]5CCC5C(=O)O)cc4)cc3)sc2c1. The summed E-state index contributed by atoms with van der Waals surface area (Å²) in [5, 5.41) is 13.2. The lowest BCUT2D eigenvalue weighted by Crippen LogP contribution is -2.38. The van der Waals surface area contributed by atoms with Crippen LogP contribution in [-0.2, 0) is 14.8 Å². The van der Waals surface area contributed by atoms with Crippen molar-refractivity contribution >= 4 is 59.8 Å². The molecule has 1 aromatic heterocycles. The van der Waals surface area contributed by atoms with Crippen LogP contribution in [0.15, 0.2) is 66.7 Å². The summed E-state index contributed by atoms with van der Waals surface area (Å²) in [6.45, 7) is 0. The Kier molecular flexibility index (Phi) is 6.23. The van der Waals surface area contributed by atoms with E-state index >= 15 is 0 Å². The fraction of sp³-hybridized carbons (Fsp3) is 0.192. The Hall–Kier alpha value is -3.76. The van der Waals surface area contributed by atoms with E-state index in [9.17, 15) is 23.1 Å². The average molecular weight is 522 g/mol. The highest BCUT2D eigenvalue weighted by Crippen LogP contribution is 2.37. The number of hydrogen-bond donors (Lipinski definition) is 3. The van der Waals surface area contributed by atoms with Crippen LogP contribution in [0.1, 0.15) is 23.2 Å². The lowest BCUT2D eigenvalue weighted by atomic mass is 9.70. The fourth-order valence-electron chi connectivity index (χ4n) is 4.28. The number of aliphatic carboxylic acids is 1. The first-order valence-electron chi connectivity index (χ1n) is 11.3. The van der Waals surface area contributed by atoms with Crippen LogP contribution in [0.25, 0.3) is 21.3 Å². The van der Waals surface area contributed by atoms with Crippen molar-refractivity contribution in [2.45, 2.75) is 12.8 Å². The number of fused-ring (bicyclic) bond motifs is 1. The number of sulfonamides is 1. The van der Waals surface area contributed by atoms with Gasteiger partial charge in [0.1, 0.15) is 0 Å². The number of Topliss-reactive ketones (excluding diaryl/α,β-unsaturated/α-hetero) is 1. The maximum atomic E-state index is 12.6. The number of thiazole rings is 1. The summed E-state index contributed by atoms with van der Waals surface area (Å²) < 4.78 is 26.3. The van der Waals surface area contributed by atoms with Gasteiger partial charge in [0.25, 0.3) is 0 Å². The van der Waals surface area contributed by atoms with Crippen LogP contribution >= 0.6 is 11.3 Å². The van der Waals surface area contributed by atoms with Gasteiger partial charge in [0, 0.05) is 17.2 Å². The van der Waals surface area contributed by atoms with Gasteiger partial charge in [0.05, 0.1) is 28.1 Å². The summed E-state index contributed by atoms with van der Waals surface area (Å²) >= 11 is 1.42. The number of carboxylic acids is 1. The molecule has 2 atom stereocenters. The van der Waals surface area contributed by atoms with Crippen molar-refractivity contribution in [3.63, 3.8) is 0 Å². The molecule has 4 aromatic rings. The molecule has 0 aliphatic heterocycles. The van der Waals surface area contributed by atoms with E-state index in [4.69, 9.17) is 0 Å². The molecule has 1 aliphatic carbocycles. The maximum absolute atomic E-state index is 12.6. The van der Waals surface area contributed by atoms with Crippen LogP contribution in [0.4, 0.5) is 16.5 Å². The molecule has 36 heavy (non-hydrogen) atoms. The third-order valence-corrected chi connectivity index (χ3v) is 7.80. The first-order chi connectivity index (χ1) is 17.2. The molecule has 0 amide bonds. The quantitative estimate of drug-likeness (QED) is 0.266. The second-order valence-corrected chi connectivity index (χ2v) is 11.6. The highest BCUT2D eigenvalue weighted by atomic mass is 32.2. The number of anilines is 3. The predicted octanol–water partition coefficient (Wildman–Crippen LogP) is 5.37. The minimum absolute atomic E-state index is 0.102. The summed E-state index contributed by atoms with van der Waals surface area (Å²) in [4.78, 5) is 28.4.